The van der Waals surface area contributed by atoms with Gasteiger partial charge in [-0.3, -0.25) is 4.79 Å². The van der Waals surface area contributed by atoms with Gasteiger partial charge in [-0.15, -0.1) is 0 Å². The van der Waals surface area contributed by atoms with E-state index in [4.69, 9.17) is 4.74 Å². The first-order chi connectivity index (χ1) is 12.7. The first kappa shape index (κ1) is 16.9. The lowest BCUT2D eigenvalue weighted by atomic mass is 9.98. The van der Waals surface area contributed by atoms with E-state index in [0.717, 1.165) is 61.8 Å². The highest BCUT2D eigenvalue weighted by Gasteiger charge is 2.26. The van der Waals surface area contributed by atoms with E-state index in [-0.39, 0.29) is 5.92 Å². The maximum atomic E-state index is 11.2. The molecule has 0 unspecified atom stereocenters. The SMILES string of the molecule is O=C(O)[C@@H]1CCCN(CCCN2c3ccccc3Oc3ccccc32)C1. The van der Waals surface area contributed by atoms with Crippen molar-refractivity contribution in [3.05, 3.63) is 48.5 Å². The second-order valence-electron chi connectivity index (χ2n) is 7.02. The van der Waals surface area contributed by atoms with E-state index in [9.17, 15) is 9.90 Å². The molecular weight excluding hydrogens is 328 g/mol. The molecule has 2 aliphatic rings. The van der Waals surface area contributed by atoms with Gasteiger partial charge in [0.1, 0.15) is 0 Å². The molecule has 136 valence electrons. The molecule has 1 atom stereocenters. The van der Waals surface area contributed by atoms with Crippen molar-refractivity contribution in [1.82, 2.24) is 4.90 Å². The Morgan fingerprint density at radius 3 is 2.35 bits per heavy atom. The second-order valence-corrected chi connectivity index (χ2v) is 7.02. The molecule has 2 aliphatic heterocycles. The van der Waals surface area contributed by atoms with Gasteiger partial charge in [-0.1, -0.05) is 24.3 Å². The van der Waals surface area contributed by atoms with Crippen molar-refractivity contribution < 1.29 is 14.6 Å². The van der Waals surface area contributed by atoms with Gasteiger partial charge in [0.15, 0.2) is 11.5 Å². The number of piperidine rings is 1. The van der Waals surface area contributed by atoms with Crippen molar-refractivity contribution in [2.24, 2.45) is 5.92 Å². The number of hydrogen-bond acceptors (Lipinski definition) is 4. The highest BCUT2D eigenvalue weighted by Crippen LogP contribution is 2.46. The molecule has 0 spiro atoms. The average molecular weight is 352 g/mol. The number of carbonyl (C=O) groups is 1. The van der Waals surface area contributed by atoms with Crippen LogP contribution in [0.25, 0.3) is 0 Å². The molecule has 1 N–H and O–H groups in total. The molecule has 0 bridgehead atoms. The summed E-state index contributed by atoms with van der Waals surface area (Å²) in [6.07, 6.45) is 2.76. The standard InChI is InChI=1S/C21H24N2O3/c24-21(25)16-7-5-12-22(15-16)13-6-14-23-17-8-1-3-10-19(17)26-20-11-4-2-9-18(20)23/h1-4,8-11,16H,5-7,12-15H2,(H,24,25)/t16-/m1/s1. The Hall–Kier alpha value is -2.53. The zero-order chi connectivity index (χ0) is 17.9. The fourth-order valence-corrected chi connectivity index (χ4v) is 3.93. The van der Waals surface area contributed by atoms with Crippen molar-refractivity contribution in [3.8, 4) is 11.5 Å². The van der Waals surface area contributed by atoms with Crippen molar-refractivity contribution in [1.29, 1.82) is 0 Å². The molecule has 5 nitrogen and oxygen atoms in total. The lowest BCUT2D eigenvalue weighted by Gasteiger charge is -2.34. The number of likely N-dealkylation sites (tertiary alicyclic amines) is 1. The normalized spacial score (nSPS) is 19.4. The van der Waals surface area contributed by atoms with Crippen LogP contribution in [-0.2, 0) is 4.79 Å². The Labute approximate surface area is 153 Å². The smallest absolute Gasteiger partial charge is 0.307 e. The molecule has 2 aromatic carbocycles. The van der Waals surface area contributed by atoms with Crippen LogP contribution in [0.5, 0.6) is 11.5 Å². The first-order valence-electron chi connectivity index (χ1n) is 9.31. The van der Waals surface area contributed by atoms with Gasteiger partial charge in [-0.25, -0.2) is 0 Å². The predicted octanol–water partition coefficient (Wildman–Crippen LogP) is 4.12. The minimum Gasteiger partial charge on any atom is -0.481 e. The maximum absolute atomic E-state index is 11.2. The number of ether oxygens (including phenoxy) is 1. The van der Waals surface area contributed by atoms with Crippen LogP contribution in [0, 0.1) is 5.92 Å². The Balaban J connectivity index is 1.44. The number of aliphatic carboxylic acids is 1. The van der Waals surface area contributed by atoms with Gasteiger partial charge in [0.05, 0.1) is 17.3 Å². The third kappa shape index (κ3) is 3.40. The summed E-state index contributed by atoms with van der Waals surface area (Å²) in [6.45, 7) is 3.47. The van der Waals surface area contributed by atoms with Crippen LogP contribution in [-0.4, -0.2) is 42.2 Å². The molecule has 5 heteroatoms. The molecule has 0 aromatic heterocycles. The van der Waals surface area contributed by atoms with Crippen LogP contribution < -0.4 is 9.64 Å². The van der Waals surface area contributed by atoms with Gasteiger partial charge >= 0.3 is 5.97 Å². The van der Waals surface area contributed by atoms with Crippen LogP contribution in [0.3, 0.4) is 0 Å². The van der Waals surface area contributed by atoms with E-state index in [1.807, 2.05) is 36.4 Å². The van der Waals surface area contributed by atoms with Gasteiger partial charge in [0.2, 0.25) is 0 Å². The summed E-state index contributed by atoms with van der Waals surface area (Å²) < 4.78 is 6.03. The Bertz CT molecular complexity index is 747. The first-order valence-corrected chi connectivity index (χ1v) is 9.31. The van der Waals surface area contributed by atoms with Crippen LogP contribution in [0.4, 0.5) is 11.4 Å². The van der Waals surface area contributed by atoms with E-state index in [1.165, 1.54) is 0 Å². The monoisotopic (exact) mass is 352 g/mol. The van der Waals surface area contributed by atoms with Crippen LogP contribution in [0.1, 0.15) is 19.3 Å². The number of anilines is 2. The molecule has 1 fully saturated rings. The summed E-state index contributed by atoms with van der Waals surface area (Å²) in [5.74, 6) is 0.893. The van der Waals surface area contributed by atoms with E-state index in [0.29, 0.717) is 6.54 Å². The third-order valence-electron chi connectivity index (χ3n) is 5.24. The van der Waals surface area contributed by atoms with Crippen LogP contribution in [0.15, 0.2) is 48.5 Å². The molecule has 2 heterocycles. The molecule has 4 rings (SSSR count). The lowest BCUT2D eigenvalue weighted by Crippen LogP contribution is -2.39. The molecule has 26 heavy (non-hydrogen) atoms. The number of para-hydroxylation sites is 4. The molecule has 2 aromatic rings. The lowest BCUT2D eigenvalue weighted by molar-refractivity contribution is -0.143. The molecule has 1 saturated heterocycles. The minimum absolute atomic E-state index is 0.214. The summed E-state index contributed by atoms with van der Waals surface area (Å²) in [4.78, 5) is 15.9. The number of hydrogen-bond donors (Lipinski definition) is 1. The van der Waals surface area contributed by atoms with Gasteiger partial charge in [0, 0.05) is 13.1 Å². The quantitative estimate of drug-likeness (QED) is 0.877. The fourth-order valence-electron chi connectivity index (χ4n) is 3.93. The van der Waals surface area contributed by atoms with Gasteiger partial charge in [-0.05, 0) is 56.6 Å². The van der Waals surface area contributed by atoms with Crippen molar-refractivity contribution in [3.63, 3.8) is 0 Å². The number of benzene rings is 2. The largest absolute Gasteiger partial charge is 0.481 e. The van der Waals surface area contributed by atoms with E-state index >= 15 is 0 Å². The number of nitrogens with zero attached hydrogens (tertiary/aromatic N) is 2. The topological polar surface area (TPSA) is 53.0 Å². The van der Waals surface area contributed by atoms with Crippen LogP contribution in [0.2, 0.25) is 0 Å². The summed E-state index contributed by atoms with van der Waals surface area (Å²) >= 11 is 0. The summed E-state index contributed by atoms with van der Waals surface area (Å²) in [5, 5.41) is 9.25. The number of rotatable bonds is 5. The Morgan fingerprint density at radius 1 is 1.04 bits per heavy atom. The zero-order valence-corrected chi connectivity index (χ0v) is 14.8. The summed E-state index contributed by atoms with van der Waals surface area (Å²) in [7, 11) is 0. The van der Waals surface area contributed by atoms with Gasteiger partial charge < -0.3 is 19.6 Å². The number of fused-ring (bicyclic) bond motifs is 2. The zero-order valence-electron chi connectivity index (χ0n) is 14.8. The van der Waals surface area contributed by atoms with Crippen molar-refractivity contribution in [2.75, 3.05) is 31.1 Å². The second kappa shape index (κ2) is 7.38. The van der Waals surface area contributed by atoms with E-state index in [2.05, 4.69) is 21.9 Å². The molecule has 0 aliphatic carbocycles. The number of carboxylic acid groups (broad SMARTS) is 1. The Morgan fingerprint density at radius 2 is 1.69 bits per heavy atom. The molecular formula is C21H24N2O3. The van der Waals surface area contributed by atoms with Crippen molar-refractivity contribution in [2.45, 2.75) is 19.3 Å². The van der Waals surface area contributed by atoms with Crippen LogP contribution >= 0.6 is 0 Å². The highest BCUT2D eigenvalue weighted by molar-refractivity contribution is 5.77. The van der Waals surface area contributed by atoms with Gasteiger partial charge in [0.25, 0.3) is 0 Å². The fraction of sp³-hybridized carbons (Fsp3) is 0.381. The number of carboxylic acids is 1. The predicted molar refractivity (Wildman–Crippen MR) is 101 cm³/mol. The third-order valence-corrected chi connectivity index (χ3v) is 5.24. The minimum atomic E-state index is -0.661. The Kier molecular flexibility index (Phi) is 4.80. The highest BCUT2D eigenvalue weighted by atomic mass is 16.5. The van der Waals surface area contributed by atoms with Crippen molar-refractivity contribution >= 4 is 17.3 Å². The maximum Gasteiger partial charge on any atom is 0.307 e. The molecule has 0 saturated carbocycles. The van der Waals surface area contributed by atoms with Gasteiger partial charge in [-0.2, -0.15) is 0 Å². The summed E-state index contributed by atoms with van der Waals surface area (Å²) in [6, 6.07) is 16.2. The molecule has 0 radical (unpaired) electrons. The average Bonchev–Trinajstić information content (AvgIpc) is 2.67. The van der Waals surface area contributed by atoms with E-state index in [1.54, 1.807) is 0 Å². The molecule has 0 amide bonds. The van der Waals surface area contributed by atoms with E-state index < -0.39 is 5.97 Å². The summed E-state index contributed by atoms with van der Waals surface area (Å²) in [5.41, 5.74) is 2.18.